The highest BCUT2D eigenvalue weighted by Crippen LogP contribution is 2.18. The third-order valence-electron chi connectivity index (χ3n) is 1.81. The lowest BCUT2D eigenvalue weighted by atomic mass is 10.1. The van der Waals surface area contributed by atoms with Crippen LogP contribution in [0.2, 0.25) is 0 Å². The Hall–Kier alpha value is -1.58. The average molecular weight is 195 g/mol. The number of hydrogen-bond acceptors (Lipinski definition) is 3. The zero-order valence-electron chi connectivity index (χ0n) is 8.53. The van der Waals surface area contributed by atoms with Crippen LogP contribution in [-0.2, 0) is 14.3 Å². The zero-order valence-corrected chi connectivity index (χ0v) is 8.53. The van der Waals surface area contributed by atoms with Gasteiger partial charge in [0.1, 0.15) is 5.76 Å². The summed E-state index contributed by atoms with van der Waals surface area (Å²) in [5, 5.41) is 0. The summed E-state index contributed by atoms with van der Waals surface area (Å²) in [6.45, 7) is 1.42. The van der Waals surface area contributed by atoms with Gasteiger partial charge in [-0.1, -0.05) is 0 Å². The van der Waals surface area contributed by atoms with Gasteiger partial charge in [-0.3, -0.25) is 4.79 Å². The van der Waals surface area contributed by atoms with Gasteiger partial charge in [0.2, 0.25) is 5.91 Å². The van der Waals surface area contributed by atoms with Crippen molar-refractivity contribution in [1.29, 1.82) is 0 Å². The predicted molar refractivity (Wildman–Crippen MR) is 52.9 cm³/mol. The number of methoxy groups -OCH3 is 2. The maximum atomic E-state index is 10.7. The summed E-state index contributed by atoms with van der Waals surface area (Å²) in [7, 11) is 3.14. The van der Waals surface area contributed by atoms with Crippen molar-refractivity contribution in [3.63, 3.8) is 0 Å². The van der Waals surface area contributed by atoms with Crippen molar-refractivity contribution in [3.05, 3.63) is 23.7 Å². The minimum atomic E-state index is -0.207. The van der Waals surface area contributed by atoms with Crippen LogP contribution in [0.4, 0.5) is 0 Å². The Bertz CT molecular complexity index is 326. The highest BCUT2D eigenvalue weighted by atomic mass is 16.5. The van der Waals surface area contributed by atoms with Crippen molar-refractivity contribution < 1.29 is 14.3 Å². The molecule has 0 aromatic rings. The third kappa shape index (κ3) is 2.45. The van der Waals surface area contributed by atoms with Crippen molar-refractivity contribution >= 4 is 11.6 Å². The Kier molecular flexibility index (Phi) is 3.45. The van der Waals surface area contributed by atoms with Gasteiger partial charge < -0.3 is 9.47 Å². The summed E-state index contributed by atoms with van der Waals surface area (Å²) in [6.07, 6.45) is 3.99. The van der Waals surface area contributed by atoms with E-state index in [0.29, 0.717) is 23.7 Å². The lowest BCUT2D eigenvalue weighted by Crippen LogP contribution is -2.08. The van der Waals surface area contributed by atoms with Crippen molar-refractivity contribution in [3.8, 4) is 0 Å². The molecule has 0 spiro atoms. The molecule has 0 unspecified atom stereocenters. The molecule has 0 bridgehead atoms. The topological polar surface area (TPSA) is 47.9 Å². The molecule has 0 aromatic carbocycles. The van der Waals surface area contributed by atoms with Gasteiger partial charge in [-0.05, 0) is 12.2 Å². The fourth-order valence-electron chi connectivity index (χ4n) is 1.21. The minimum Gasteiger partial charge on any atom is -0.497 e. The number of carbonyl (C=O) groups excluding carboxylic acids is 1. The third-order valence-corrected chi connectivity index (χ3v) is 1.81. The van der Waals surface area contributed by atoms with Gasteiger partial charge in [-0.25, -0.2) is 4.99 Å². The predicted octanol–water partition coefficient (Wildman–Crippen LogP) is 1.44. The molecule has 0 aliphatic heterocycles. The first-order valence-corrected chi connectivity index (χ1v) is 4.24. The number of carbonyl (C=O) groups is 1. The van der Waals surface area contributed by atoms with Crippen molar-refractivity contribution in [2.75, 3.05) is 14.2 Å². The molecular weight excluding hydrogens is 182 g/mol. The van der Waals surface area contributed by atoms with E-state index in [1.165, 1.54) is 6.92 Å². The van der Waals surface area contributed by atoms with E-state index in [9.17, 15) is 4.79 Å². The van der Waals surface area contributed by atoms with E-state index >= 15 is 0 Å². The molecule has 0 atom stereocenters. The van der Waals surface area contributed by atoms with Crippen molar-refractivity contribution in [1.82, 2.24) is 0 Å². The molecule has 1 rings (SSSR count). The smallest absolute Gasteiger partial charge is 0.242 e. The molecule has 1 aliphatic rings. The number of amides is 1. The average Bonchev–Trinajstić information content (AvgIpc) is 2.16. The number of aliphatic imine (C=N–C) groups is 1. The van der Waals surface area contributed by atoms with Gasteiger partial charge in [0.25, 0.3) is 0 Å². The molecular formula is C10H13NO3. The number of rotatable bonds is 2. The molecule has 0 heterocycles. The maximum Gasteiger partial charge on any atom is 0.242 e. The van der Waals surface area contributed by atoms with E-state index < -0.39 is 0 Å². The van der Waals surface area contributed by atoms with Gasteiger partial charge in [0, 0.05) is 6.92 Å². The van der Waals surface area contributed by atoms with E-state index in [0.717, 1.165) is 0 Å². The lowest BCUT2D eigenvalue weighted by molar-refractivity contribution is -0.115. The quantitative estimate of drug-likeness (QED) is 0.669. The first kappa shape index (κ1) is 10.5. The summed E-state index contributed by atoms with van der Waals surface area (Å²) in [5.41, 5.74) is 0.690. The molecule has 0 saturated heterocycles. The van der Waals surface area contributed by atoms with Crippen LogP contribution >= 0.6 is 0 Å². The standard InChI is InChI=1S/C10H13NO3/c1-7(12)11-8-4-5-9(13-2)10(6-8)14-3/h4-5H,6H2,1-3H3. The van der Waals surface area contributed by atoms with Gasteiger partial charge in [-0.2, -0.15) is 0 Å². The van der Waals surface area contributed by atoms with Crippen molar-refractivity contribution in [2.24, 2.45) is 4.99 Å². The van der Waals surface area contributed by atoms with Crippen LogP contribution in [0.25, 0.3) is 0 Å². The maximum absolute atomic E-state index is 10.7. The van der Waals surface area contributed by atoms with E-state index in [4.69, 9.17) is 9.47 Å². The Labute approximate surface area is 82.9 Å². The molecule has 0 radical (unpaired) electrons. The fourth-order valence-corrected chi connectivity index (χ4v) is 1.21. The highest BCUT2D eigenvalue weighted by molar-refractivity contribution is 6.03. The van der Waals surface area contributed by atoms with Crippen LogP contribution in [0.1, 0.15) is 13.3 Å². The number of hydrogen-bond donors (Lipinski definition) is 0. The normalized spacial score (nSPS) is 18.6. The molecule has 1 aliphatic carbocycles. The Morgan fingerprint density at radius 2 is 2.07 bits per heavy atom. The number of ether oxygens (including phenoxy) is 2. The van der Waals surface area contributed by atoms with Crippen LogP contribution in [0.15, 0.2) is 28.7 Å². The SMILES string of the molecule is COC1=C(OC)CC(=NC(C)=O)C=C1. The second-order valence-corrected chi connectivity index (χ2v) is 2.83. The first-order chi connectivity index (χ1) is 6.67. The summed E-state index contributed by atoms with van der Waals surface area (Å²) in [5.74, 6) is 1.16. The number of nitrogens with zero attached hydrogens (tertiary/aromatic N) is 1. The van der Waals surface area contributed by atoms with Crippen LogP contribution in [0.3, 0.4) is 0 Å². The van der Waals surface area contributed by atoms with Crippen molar-refractivity contribution in [2.45, 2.75) is 13.3 Å². The number of allylic oxidation sites excluding steroid dienone is 3. The largest absolute Gasteiger partial charge is 0.497 e. The minimum absolute atomic E-state index is 0.207. The Balaban J connectivity index is 2.86. The molecule has 0 aromatic heterocycles. The summed E-state index contributed by atoms with van der Waals surface area (Å²) in [6, 6.07) is 0. The molecule has 0 fully saturated rings. The second kappa shape index (κ2) is 4.60. The van der Waals surface area contributed by atoms with Crippen LogP contribution < -0.4 is 0 Å². The van der Waals surface area contributed by atoms with Crippen LogP contribution in [-0.4, -0.2) is 25.8 Å². The highest BCUT2D eigenvalue weighted by Gasteiger charge is 2.13. The van der Waals surface area contributed by atoms with Crippen LogP contribution in [0, 0.1) is 0 Å². The molecule has 0 saturated carbocycles. The Morgan fingerprint density at radius 3 is 2.57 bits per heavy atom. The van der Waals surface area contributed by atoms with E-state index in [1.54, 1.807) is 26.4 Å². The summed E-state index contributed by atoms with van der Waals surface area (Å²) in [4.78, 5) is 14.6. The first-order valence-electron chi connectivity index (χ1n) is 4.24. The van der Waals surface area contributed by atoms with Gasteiger partial charge in [0.05, 0.1) is 26.4 Å². The van der Waals surface area contributed by atoms with E-state index in [2.05, 4.69) is 4.99 Å². The molecule has 14 heavy (non-hydrogen) atoms. The van der Waals surface area contributed by atoms with Crippen LogP contribution in [0.5, 0.6) is 0 Å². The zero-order chi connectivity index (χ0) is 10.6. The molecule has 4 nitrogen and oxygen atoms in total. The molecule has 76 valence electrons. The van der Waals surface area contributed by atoms with E-state index in [-0.39, 0.29) is 5.91 Å². The summed E-state index contributed by atoms with van der Waals surface area (Å²) < 4.78 is 10.2. The second-order valence-electron chi connectivity index (χ2n) is 2.83. The van der Waals surface area contributed by atoms with Gasteiger partial charge in [0.15, 0.2) is 5.76 Å². The monoisotopic (exact) mass is 195 g/mol. The van der Waals surface area contributed by atoms with Gasteiger partial charge >= 0.3 is 0 Å². The molecule has 1 amide bonds. The molecule has 4 heteroatoms. The van der Waals surface area contributed by atoms with E-state index in [1.807, 2.05) is 0 Å². The lowest BCUT2D eigenvalue weighted by Gasteiger charge is -2.14. The summed E-state index contributed by atoms with van der Waals surface area (Å²) >= 11 is 0. The molecule has 0 N–H and O–H groups in total. The fraction of sp³-hybridized carbons (Fsp3) is 0.400. The Morgan fingerprint density at radius 1 is 1.36 bits per heavy atom. The van der Waals surface area contributed by atoms with Gasteiger partial charge in [-0.15, -0.1) is 0 Å².